The third-order valence-corrected chi connectivity index (χ3v) is 6.26. The molecule has 0 bridgehead atoms. The van der Waals surface area contributed by atoms with Gasteiger partial charge in [0.2, 0.25) is 5.91 Å². The first-order valence-electron chi connectivity index (χ1n) is 12.2. The van der Waals surface area contributed by atoms with Crippen LogP contribution >= 0.6 is 0 Å². The number of benzene rings is 3. The van der Waals surface area contributed by atoms with Gasteiger partial charge in [0.15, 0.2) is 0 Å². The molecule has 3 amide bonds. The minimum Gasteiger partial charge on any atom is -0.355 e. The number of carbonyl (C=O) groups excluding carboxylic acids is 3. The van der Waals surface area contributed by atoms with Crippen LogP contribution < -0.4 is 27.1 Å². The number of carbonyl (C=O) groups is 3. The number of hydrogen-bond acceptors (Lipinski definition) is 7. The van der Waals surface area contributed by atoms with Gasteiger partial charge in [0.1, 0.15) is 5.82 Å². The molecule has 0 aromatic heterocycles. The van der Waals surface area contributed by atoms with Gasteiger partial charge in [-0.25, -0.2) is 9.87 Å². The maximum atomic E-state index is 13.1. The fourth-order valence-electron chi connectivity index (χ4n) is 4.13. The summed E-state index contributed by atoms with van der Waals surface area (Å²) < 4.78 is 13.1. The number of hydrogen-bond donors (Lipinski definition) is 6. The fourth-order valence-corrected chi connectivity index (χ4v) is 4.13. The molecule has 3 aromatic rings. The molecule has 1 atom stereocenters. The Hall–Kier alpha value is -4.74. The first-order valence-corrected chi connectivity index (χ1v) is 12.2. The van der Waals surface area contributed by atoms with Gasteiger partial charge in [-0.1, -0.05) is 36.4 Å². The Kier molecular flexibility index (Phi) is 8.87. The Morgan fingerprint density at radius 3 is 2.10 bits per heavy atom. The van der Waals surface area contributed by atoms with Crippen LogP contribution in [0.15, 0.2) is 84.7 Å². The van der Waals surface area contributed by atoms with E-state index in [1.165, 1.54) is 24.3 Å². The lowest BCUT2D eigenvalue weighted by Crippen LogP contribution is -2.46. The Morgan fingerprint density at radius 2 is 1.49 bits per heavy atom. The second-order valence-corrected chi connectivity index (χ2v) is 8.94. The maximum Gasteiger partial charge on any atom is 0.251 e. The van der Waals surface area contributed by atoms with Crippen LogP contribution in [-0.2, 0) is 11.2 Å². The molecule has 0 spiro atoms. The highest BCUT2D eigenvalue weighted by Gasteiger charge is 2.24. The van der Waals surface area contributed by atoms with Gasteiger partial charge in [-0.3, -0.25) is 24.6 Å². The van der Waals surface area contributed by atoms with Gasteiger partial charge in [0.25, 0.3) is 11.8 Å². The van der Waals surface area contributed by atoms with Crippen LogP contribution in [0.5, 0.6) is 0 Å². The van der Waals surface area contributed by atoms with Crippen LogP contribution in [0.1, 0.15) is 32.7 Å². The van der Waals surface area contributed by atoms with E-state index < -0.39 is 11.7 Å². The van der Waals surface area contributed by atoms with E-state index in [4.69, 9.17) is 5.21 Å². The lowest BCUT2D eigenvalue weighted by atomic mass is 9.98. The molecule has 11 heteroatoms. The number of nitrogens with one attached hydrogen (secondary N) is 5. The molecular weight excluding hydrogens is 503 g/mol. The van der Waals surface area contributed by atoms with Crippen molar-refractivity contribution in [3.8, 4) is 11.1 Å². The summed E-state index contributed by atoms with van der Waals surface area (Å²) in [6, 6.07) is 20.0. The topological polar surface area (TPSA) is 135 Å². The summed E-state index contributed by atoms with van der Waals surface area (Å²) in [6.07, 6.45) is 2.21. The van der Waals surface area contributed by atoms with E-state index in [0.717, 1.165) is 16.7 Å². The zero-order chi connectivity index (χ0) is 27.8. The standard InChI is InChI=1S/C28H29FN6O4/c1-30-27(37)21-8-6-20(7-9-21)19-4-2-18(3-5-19)14-25(15-26(36)33-39)35-17-24(32-34-35)16-31-28(38)22-10-12-23(29)13-11-22/h2-13,17,25,32,34,39H,14-16H2,1H3,(H,30,37)(H,31,38)(H,33,36)/t25-/m1/s1. The van der Waals surface area contributed by atoms with Crippen LogP contribution in [0.25, 0.3) is 11.1 Å². The summed E-state index contributed by atoms with van der Waals surface area (Å²) in [7, 11) is 1.59. The van der Waals surface area contributed by atoms with Crippen molar-refractivity contribution in [3.63, 3.8) is 0 Å². The molecule has 6 N–H and O–H groups in total. The summed E-state index contributed by atoms with van der Waals surface area (Å²) in [5.41, 5.74) is 12.1. The number of rotatable bonds is 10. The van der Waals surface area contributed by atoms with Crippen LogP contribution in [0.4, 0.5) is 4.39 Å². The second-order valence-electron chi connectivity index (χ2n) is 8.94. The Balaban J connectivity index is 1.40. The van der Waals surface area contributed by atoms with E-state index in [2.05, 4.69) is 21.6 Å². The van der Waals surface area contributed by atoms with Crippen molar-refractivity contribution in [2.24, 2.45) is 0 Å². The van der Waals surface area contributed by atoms with E-state index >= 15 is 0 Å². The summed E-state index contributed by atoms with van der Waals surface area (Å²) in [6.45, 7) is 0.173. The number of halogens is 1. The predicted octanol–water partition coefficient (Wildman–Crippen LogP) is 2.26. The molecule has 1 heterocycles. The van der Waals surface area contributed by atoms with Crippen LogP contribution in [-0.4, -0.2) is 47.6 Å². The number of hydrazine groups is 2. The minimum atomic E-state index is -0.541. The molecule has 0 saturated carbocycles. The van der Waals surface area contributed by atoms with Gasteiger partial charge in [0.05, 0.1) is 24.7 Å². The van der Waals surface area contributed by atoms with Crippen molar-refractivity contribution < 1.29 is 24.0 Å². The molecule has 0 unspecified atom stereocenters. The normalized spacial score (nSPS) is 13.2. The van der Waals surface area contributed by atoms with E-state index in [1.807, 2.05) is 36.4 Å². The lowest BCUT2D eigenvalue weighted by Gasteiger charge is -2.26. The van der Waals surface area contributed by atoms with Gasteiger partial charge in [-0.05, 0) is 59.5 Å². The van der Waals surface area contributed by atoms with E-state index in [0.29, 0.717) is 23.2 Å². The van der Waals surface area contributed by atoms with E-state index in [-0.39, 0.29) is 30.8 Å². The van der Waals surface area contributed by atoms with Crippen molar-refractivity contribution in [1.82, 2.24) is 32.1 Å². The van der Waals surface area contributed by atoms with Crippen molar-refractivity contribution in [2.45, 2.75) is 18.9 Å². The first-order chi connectivity index (χ1) is 18.9. The molecule has 0 fully saturated rings. The van der Waals surface area contributed by atoms with Crippen molar-refractivity contribution >= 4 is 17.7 Å². The lowest BCUT2D eigenvalue weighted by molar-refractivity contribution is -0.130. The Bertz CT molecular complexity index is 1340. The van der Waals surface area contributed by atoms with E-state index in [9.17, 15) is 18.8 Å². The predicted molar refractivity (Wildman–Crippen MR) is 142 cm³/mol. The molecule has 10 nitrogen and oxygen atoms in total. The zero-order valence-corrected chi connectivity index (χ0v) is 21.2. The number of amides is 3. The molecule has 1 aliphatic heterocycles. The van der Waals surface area contributed by atoms with Crippen LogP contribution in [0, 0.1) is 5.82 Å². The minimum absolute atomic E-state index is 0.000392. The summed E-state index contributed by atoms with van der Waals surface area (Å²) in [4.78, 5) is 36.1. The quantitative estimate of drug-likeness (QED) is 0.174. The SMILES string of the molecule is CNC(=O)c1ccc(-c2ccc(C[C@H](CC(=O)NO)N3C=C(CNC(=O)c4ccc(F)cc4)NN3)cc2)cc1. The van der Waals surface area contributed by atoms with Crippen molar-refractivity contribution in [2.75, 3.05) is 13.6 Å². The molecule has 0 radical (unpaired) electrons. The molecule has 4 rings (SSSR count). The van der Waals surface area contributed by atoms with Crippen LogP contribution in [0.2, 0.25) is 0 Å². The molecular formula is C28H29FN6O4. The molecule has 39 heavy (non-hydrogen) atoms. The average molecular weight is 533 g/mol. The highest BCUT2D eigenvalue weighted by molar-refractivity contribution is 5.94. The van der Waals surface area contributed by atoms with E-state index in [1.54, 1.807) is 35.9 Å². The number of hydroxylamine groups is 1. The zero-order valence-electron chi connectivity index (χ0n) is 21.2. The monoisotopic (exact) mass is 532 g/mol. The molecule has 202 valence electrons. The van der Waals surface area contributed by atoms with Crippen LogP contribution in [0.3, 0.4) is 0 Å². The largest absolute Gasteiger partial charge is 0.355 e. The van der Waals surface area contributed by atoms with Gasteiger partial charge < -0.3 is 16.1 Å². The maximum absolute atomic E-state index is 13.1. The van der Waals surface area contributed by atoms with Crippen molar-refractivity contribution in [1.29, 1.82) is 0 Å². The Morgan fingerprint density at radius 1 is 0.897 bits per heavy atom. The van der Waals surface area contributed by atoms with Gasteiger partial charge in [-0.2, -0.15) is 0 Å². The van der Waals surface area contributed by atoms with Crippen molar-refractivity contribution in [3.05, 3.63) is 107 Å². The highest BCUT2D eigenvalue weighted by atomic mass is 19.1. The molecule has 3 aromatic carbocycles. The summed E-state index contributed by atoms with van der Waals surface area (Å²) >= 11 is 0. The second kappa shape index (κ2) is 12.7. The Labute approximate surface area is 224 Å². The smallest absolute Gasteiger partial charge is 0.251 e. The number of nitrogens with zero attached hydrogens (tertiary/aromatic N) is 1. The first kappa shape index (κ1) is 27.3. The molecule has 0 aliphatic carbocycles. The summed E-state index contributed by atoms with van der Waals surface area (Å²) in [5.74, 6) is -1.46. The van der Waals surface area contributed by atoms with Gasteiger partial charge in [0, 0.05) is 24.4 Å². The molecule has 0 saturated heterocycles. The van der Waals surface area contributed by atoms with Gasteiger partial charge >= 0.3 is 0 Å². The molecule has 1 aliphatic rings. The van der Waals surface area contributed by atoms with Gasteiger partial charge in [-0.15, -0.1) is 5.53 Å². The summed E-state index contributed by atoms with van der Waals surface area (Å²) in [5, 5.41) is 16.1. The third-order valence-electron chi connectivity index (χ3n) is 6.26. The highest BCUT2D eigenvalue weighted by Crippen LogP contribution is 2.22. The third kappa shape index (κ3) is 7.18. The fraction of sp³-hybridized carbons (Fsp3) is 0.179. The average Bonchev–Trinajstić information content (AvgIpc) is 3.45.